The minimum Gasteiger partial charge on any atom is -0.486 e. The van der Waals surface area contributed by atoms with Gasteiger partial charge in [0.2, 0.25) is 0 Å². The van der Waals surface area contributed by atoms with Gasteiger partial charge in [-0.2, -0.15) is 0 Å². The van der Waals surface area contributed by atoms with E-state index in [1.165, 1.54) is 11.1 Å². The molecule has 2 rings (SSSR count). The first-order chi connectivity index (χ1) is 10.3. The molecule has 1 aliphatic heterocycles. The normalized spacial score (nSPS) is 14.4. The average molecular weight is 285 g/mol. The first kappa shape index (κ1) is 15.4. The summed E-state index contributed by atoms with van der Waals surface area (Å²) < 4.78 is 11.1. The molecule has 3 nitrogen and oxygen atoms in total. The molecule has 0 saturated heterocycles. The maximum absolute atomic E-state index is 5.60. The number of hydrogen-bond acceptors (Lipinski definition) is 3. The first-order valence-electron chi connectivity index (χ1n) is 7.37. The number of hydrogen-bond donors (Lipinski definition) is 1. The van der Waals surface area contributed by atoms with E-state index in [2.05, 4.69) is 30.1 Å². The number of benzene rings is 1. The molecule has 0 aliphatic carbocycles. The highest BCUT2D eigenvalue weighted by Crippen LogP contribution is 2.30. The zero-order chi connectivity index (χ0) is 14.9. The molecule has 0 atom stereocenters. The molecule has 0 fully saturated rings. The number of ether oxygens (including phenoxy) is 2. The first-order valence-corrected chi connectivity index (χ1v) is 7.37. The number of rotatable bonds is 7. The molecule has 1 aromatic rings. The fourth-order valence-electron chi connectivity index (χ4n) is 2.25. The van der Waals surface area contributed by atoms with Crippen molar-refractivity contribution in [1.82, 2.24) is 5.32 Å². The van der Waals surface area contributed by atoms with Gasteiger partial charge in [-0.3, -0.25) is 0 Å². The Morgan fingerprint density at radius 2 is 2.10 bits per heavy atom. The zero-order valence-electron chi connectivity index (χ0n) is 12.6. The predicted molar refractivity (Wildman–Crippen MR) is 87.1 cm³/mol. The molecular formula is C18H23NO2. The van der Waals surface area contributed by atoms with Crippen LogP contribution in [0.25, 0.3) is 0 Å². The second kappa shape index (κ2) is 8.32. The van der Waals surface area contributed by atoms with Gasteiger partial charge in [-0.25, -0.2) is 0 Å². The number of nitrogens with one attached hydrogen (secondary N) is 1. The summed E-state index contributed by atoms with van der Waals surface area (Å²) in [5.74, 6) is 1.71. The van der Waals surface area contributed by atoms with Gasteiger partial charge in [0.05, 0.1) is 0 Å². The second-order valence-corrected chi connectivity index (χ2v) is 4.88. The number of fused-ring (bicyclic) bond motifs is 1. The molecule has 1 heterocycles. The van der Waals surface area contributed by atoms with Crippen LogP contribution in [0.1, 0.15) is 12.5 Å². The quantitative estimate of drug-likeness (QED) is 0.616. The van der Waals surface area contributed by atoms with Crippen molar-refractivity contribution in [3.8, 4) is 11.5 Å². The largest absolute Gasteiger partial charge is 0.486 e. The van der Waals surface area contributed by atoms with Crippen molar-refractivity contribution in [3.63, 3.8) is 0 Å². The molecule has 1 N–H and O–H groups in total. The molecule has 0 aromatic heterocycles. The van der Waals surface area contributed by atoms with Crippen LogP contribution in [0, 0.1) is 0 Å². The van der Waals surface area contributed by atoms with E-state index < -0.39 is 0 Å². The van der Waals surface area contributed by atoms with Crippen molar-refractivity contribution in [1.29, 1.82) is 0 Å². The van der Waals surface area contributed by atoms with E-state index in [4.69, 9.17) is 9.47 Å². The van der Waals surface area contributed by atoms with Crippen LogP contribution in [0.15, 0.2) is 54.7 Å². The highest BCUT2D eigenvalue weighted by atomic mass is 16.6. The van der Waals surface area contributed by atoms with E-state index in [9.17, 15) is 0 Å². The fourth-order valence-corrected chi connectivity index (χ4v) is 2.25. The van der Waals surface area contributed by atoms with Crippen molar-refractivity contribution in [2.24, 2.45) is 0 Å². The van der Waals surface area contributed by atoms with Crippen LogP contribution in [-0.4, -0.2) is 26.3 Å². The predicted octanol–water partition coefficient (Wildman–Crippen LogP) is 3.28. The van der Waals surface area contributed by atoms with Crippen LogP contribution < -0.4 is 14.8 Å². The maximum atomic E-state index is 5.60. The zero-order valence-corrected chi connectivity index (χ0v) is 12.6. The van der Waals surface area contributed by atoms with Gasteiger partial charge in [0, 0.05) is 6.54 Å². The molecule has 3 heteroatoms. The highest BCUT2D eigenvalue weighted by Gasteiger charge is 2.11. The van der Waals surface area contributed by atoms with Gasteiger partial charge in [0.15, 0.2) is 11.5 Å². The van der Waals surface area contributed by atoms with Crippen LogP contribution in [0.4, 0.5) is 0 Å². The lowest BCUT2D eigenvalue weighted by atomic mass is 10.1. The molecule has 112 valence electrons. The van der Waals surface area contributed by atoms with Gasteiger partial charge in [0.1, 0.15) is 13.2 Å². The summed E-state index contributed by atoms with van der Waals surface area (Å²) in [6.45, 7) is 8.79. The van der Waals surface area contributed by atoms with Crippen LogP contribution in [0.2, 0.25) is 0 Å². The van der Waals surface area contributed by atoms with Crippen LogP contribution in [0.5, 0.6) is 11.5 Å². The van der Waals surface area contributed by atoms with Crippen LogP contribution in [0.3, 0.4) is 0 Å². The molecule has 1 aliphatic rings. The Labute approximate surface area is 127 Å². The Balaban J connectivity index is 1.81. The maximum Gasteiger partial charge on any atom is 0.161 e. The second-order valence-electron chi connectivity index (χ2n) is 4.88. The summed E-state index contributed by atoms with van der Waals surface area (Å²) in [6.07, 6.45) is 8.94. The van der Waals surface area contributed by atoms with Crippen LogP contribution >= 0.6 is 0 Å². The van der Waals surface area contributed by atoms with Crippen molar-refractivity contribution >= 4 is 0 Å². The Hall–Kier alpha value is -2.00. The summed E-state index contributed by atoms with van der Waals surface area (Å²) in [4.78, 5) is 0. The molecule has 1 aromatic carbocycles. The topological polar surface area (TPSA) is 30.5 Å². The smallest absolute Gasteiger partial charge is 0.161 e. The van der Waals surface area contributed by atoms with Gasteiger partial charge in [0.25, 0.3) is 0 Å². The molecule has 0 spiro atoms. The van der Waals surface area contributed by atoms with Gasteiger partial charge in [-0.1, -0.05) is 36.9 Å². The minimum atomic E-state index is 0.633. The monoisotopic (exact) mass is 285 g/mol. The lowest BCUT2D eigenvalue weighted by Gasteiger charge is -2.18. The molecule has 0 bridgehead atoms. The van der Waals surface area contributed by atoms with E-state index in [1.54, 1.807) is 0 Å². The van der Waals surface area contributed by atoms with Crippen molar-refractivity contribution in [2.75, 3.05) is 26.3 Å². The third kappa shape index (κ3) is 4.80. The van der Waals surface area contributed by atoms with E-state index in [0.717, 1.165) is 31.0 Å². The van der Waals surface area contributed by atoms with Gasteiger partial charge in [-0.15, -0.1) is 0 Å². The lowest BCUT2D eigenvalue weighted by molar-refractivity contribution is 0.171. The van der Waals surface area contributed by atoms with E-state index in [0.29, 0.717) is 13.2 Å². The Morgan fingerprint density at radius 3 is 2.86 bits per heavy atom. The summed E-state index contributed by atoms with van der Waals surface area (Å²) in [6, 6.07) is 6.16. The fraction of sp³-hybridized carbons (Fsp3) is 0.333. The Kier molecular flexibility index (Phi) is 6.10. The average Bonchev–Trinajstić information content (AvgIpc) is 2.52. The minimum absolute atomic E-state index is 0.633. The third-order valence-electron chi connectivity index (χ3n) is 3.24. The van der Waals surface area contributed by atoms with E-state index in [1.807, 2.05) is 31.2 Å². The molecular weight excluding hydrogens is 262 g/mol. The van der Waals surface area contributed by atoms with Crippen LogP contribution in [-0.2, 0) is 6.42 Å². The Bertz CT molecular complexity index is 532. The van der Waals surface area contributed by atoms with E-state index >= 15 is 0 Å². The van der Waals surface area contributed by atoms with Crippen molar-refractivity contribution < 1.29 is 9.47 Å². The van der Waals surface area contributed by atoms with E-state index in [-0.39, 0.29) is 0 Å². The summed E-state index contributed by atoms with van der Waals surface area (Å²) in [5.41, 5.74) is 2.49. The van der Waals surface area contributed by atoms with Crippen molar-refractivity contribution in [2.45, 2.75) is 13.3 Å². The highest BCUT2D eigenvalue weighted by molar-refractivity contribution is 5.43. The Morgan fingerprint density at radius 1 is 1.29 bits per heavy atom. The molecule has 0 unspecified atom stereocenters. The standard InChI is InChI=1S/C18H23NO2/c1-3-5-16(6-4-2)14-19-10-9-15-7-8-17-18(13-15)21-12-11-20-17/h3-8,13,19H,1,9-12,14H2,2H3/b6-4-,16-5+. The summed E-state index contributed by atoms with van der Waals surface area (Å²) in [5, 5.41) is 3.44. The van der Waals surface area contributed by atoms with Gasteiger partial charge < -0.3 is 14.8 Å². The summed E-state index contributed by atoms with van der Waals surface area (Å²) >= 11 is 0. The lowest BCUT2D eigenvalue weighted by Crippen LogP contribution is -2.20. The van der Waals surface area contributed by atoms with Crippen molar-refractivity contribution in [3.05, 3.63) is 60.2 Å². The number of allylic oxidation sites excluding steroid dienone is 3. The molecule has 0 amide bonds. The molecule has 21 heavy (non-hydrogen) atoms. The summed E-state index contributed by atoms with van der Waals surface area (Å²) in [7, 11) is 0. The molecule has 0 saturated carbocycles. The SMILES string of the molecule is C=C/C=C(\C=C/C)CNCCc1ccc2c(c1)OCCO2. The third-order valence-corrected chi connectivity index (χ3v) is 3.24. The van der Waals surface area contributed by atoms with Gasteiger partial charge in [-0.05, 0) is 43.2 Å². The molecule has 0 radical (unpaired) electrons. The van der Waals surface area contributed by atoms with Gasteiger partial charge >= 0.3 is 0 Å².